The SMILES string of the molecule is CC/C=C\C/C=C\C/C=C\CCCCCCCCCC(=O)OC(COC(=O)CCCC)COP(=O)(O)OCC[N+](C)(C)C. The molecule has 0 aliphatic heterocycles. The number of phosphoric acid groups is 1. The predicted octanol–water partition coefficient (Wildman–Crippen LogP) is 7.84. The van der Waals surface area contributed by atoms with Gasteiger partial charge in [0.2, 0.25) is 0 Å². The highest BCUT2D eigenvalue weighted by Crippen LogP contribution is 2.43. The van der Waals surface area contributed by atoms with Gasteiger partial charge in [0, 0.05) is 12.8 Å². The van der Waals surface area contributed by atoms with E-state index in [9.17, 15) is 19.0 Å². The van der Waals surface area contributed by atoms with Crippen LogP contribution >= 0.6 is 7.82 Å². The van der Waals surface area contributed by atoms with Crippen LogP contribution in [-0.2, 0) is 32.7 Å². The molecular weight excluding hydrogens is 569 g/mol. The van der Waals surface area contributed by atoms with E-state index in [4.69, 9.17) is 18.5 Å². The molecule has 0 amide bonds. The third-order valence-electron chi connectivity index (χ3n) is 6.43. The molecule has 0 spiro atoms. The van der Waals surface area contributed by atoms with Crippen molar-refractivity contribution < 1.29 is 42.1 Å². The largest absolute Gasteiger partial charge is 0.472 e. The van der Waals surface area contributed by atoms with E-state index in [1.165, 1.54) is 19.3 Å². The van der Waals surface area contributed by atoms with Crippen LogP contribution in [0.15, 0.2) is 36.5 Å². The zero-order valence-electron chi connectivity index (χ0n) is 27.7. The molecule has 0 aromatic rings. The lowest BCUT2D eigenvalue weighted by Gasteiger charge is -2.24. The van der Waals surface area contributed by atoms with Crippen LogP contribution in [0.3, 0.4) is 0 Å². The Kier molecular flexibility index (Phi) is 25.5. The van der Waals surface area contributed by atoms with Crippen LogP contribution in [0.5, 0.6) is 0 Å². The summed E-state index contributed by atoms with van der Waals surface area (Å²) in [6.07, 6.45) is 25.9. The minimum absolute atomic E-state index is 0.0280. The minimum atomic E-state index is -4.35. The number of unbranched alkanes of at least 4 members (excludes halogenated alkanes) is 8. The molecule has 9 nitrogen and oxygen atoms in total. The predicted molar refractivity (Wildman–Crippen MR) is 173 cm³/mol. The van der Waals surface area contributed by atoms with Gasteiger partial charge in [-0.05, 0) is 44.9 Å². The molecule has 250 valence electrons. The molecule has 10 heteroatoms. The van der Waals surface area contributed by atoms with Crippen LogP contribution in [-0.4, -0.2) is 74.9 Å². The van der Waals surface area contributed by atoms with Gasteiger partial charge >= 0.3 is 19.8 Å². The monoisotopic (exact) mass is 630 g/mol. The molecule has 2 atom stereocenters. The molecule has 0 saturated heterocycles. The second kappa shape index (κ2) is 26.6. The number of rotatable bonds is 28. The Morgan fingerprint density at radius 2 is 1.33 bits per heavy atom. The molecule has 0 bridgehead atoms. The fraction of sp³-hybridized carbons (Fsp3) is 0.758. The first-order valence-electron chi connectivity index (χ1n) is 16.2. The molecule has 0 saturated carbocycles. The maximum absolute atomic E-state index is 12.4. The van der Waals surface area contributed by atoms with Gasteiger partial charge in [0.25, 0.3) is 0 Å². The number of carbonyl (C=O) groups is 2. The van der Waals surface area contributed by atoms with E-state index in [-0.39, 0.29) is 26.1 Å². The number of hydrogen-bond donors (Lipinski definition) is 1. The Hall–Kier alpha value is -1.77. The Bertz CT molecular complexity index is 850. The van der Waals surface area contributed by atoms with Crippen molar-refractivity contribution in [2.24, 2.45) is 0 Å². The zero-order chi connectivity index (χ0) is 32.2. The Morgan fingerprint density at radius 1 is 0.744 bits per heavy atom. The van der Waals surface area contributed by atoms with Crippen molar-refractivity contribution in [3.05, 3.63) is 36.5 Å². The van der Waals surface area contributed by atoms with E-state index in [1.807, 2.05) is 28.1 Å². The van der Waals surface area contributed by atoms with E-state index in [0.29, 0.717) is 23.9 Å². The molecule has 43 heavy (non-hydrogen) atoms. The molecule has 0 heterocycles. The summed E-state index contributed by atoms with van der Waals surface area (Å²) in [6.45, 7) is 4.00. The first kappa shape index (κ1) is 41.2. The number of nitrogens with zero attached hydrogens (tertiary/aromatic N) is 1. The van der Waals surface area contributed by atoms with Crippen molar-refractivity contribution in [2.75, 3.05) is 47.5 Å². The summed E-state index contributed by atoms with van der Waals surface area (Å²) in [4.78, 5) is 34.4. The maximum atomic E-state index is 12.4. The second-order valence-electron chi connectivity index (χ2n) is 11.8. The Balaban J connectivity index is 4.24. The van der Waals surface area contributed by atoms with Gasteiger partial charge in [-0.25, -0.2) is 4.57 Å². The summed E-state index contributed by atoms with van der Waals surface area (Å²) in [5.41, 5.74) is 0. The molecule has 0 aromatic heterocycles. The van der Waals surface area contributed by atoms with Crippen LogP contribution in [0.2, 0.25) is 0 Å². The second-order valence-corrected chi connectivity index (χ2v) is 13.3. The minimum Gasteiger partial charge on any atom is -0.462 e. The molecule has 0 radical (unpaired) electrons. The first-order valence-corrected chi connectivity index (χ1v) is 17.7. The molecule has 0 aromatic carbocycles. The van der Waals surface area contributed by atoms with Crippen molar-refractivity contribution in [1.82, 2.24) is 0 Å². The van der Waals surface area contributed by atoms with Crippen molar-refractivity contribution in [2.45, 2.75) is 116 Å². The number of hydrogen-bond acceptors (Lipinski definition) is 7. The quantitative estimate of drug-likeness (QED) is 0.0306. The number of ether oxygens (including phenoxy) is 2. The molecule has 0 fully saturated rings. The molecule has 0 rings (SSSR count). The highest BCUT2D eigenvalue weighted by molar-refractivity contribution is 7.47. The third-order valence-corrected chi connectivity index (χ3v) is 7.42. The van der Waals surface area contributed by atoms with Crippen molar-refractivity contribution in [1.29, 1.82) is 0 Å². The van der Waals surface area contributed by atoms with Crippen molar-refractivity contribution in [3.63, 3.8) is 0 Å². The van der Waals surface area contributed by atoms with Crippen molar-refractivity contribution >= 4 is 19.8 Å². The number of carbonyl (C=O) groups excluding carboxylic acids is 2. The third kappa shape index (κ3) is 30.1. The molecular formula is C33H61NO8P+. The van der Waals surface area contributed by atoms with Gasteiger partial charge in [-0.15, -0.1) is 0 Å². The smallest absolute Gasteiger partial charge is 0.462 e. The van der Waals surface area contributed by atoms with Gasteiger partial charge in [0.1, 0.15) is 19.8 Å². The lowest BCUT2D eigenvalue weighted by molar-refractivity contribution is -0.870. The summed E-state index contributed by atoms with van der Waals surface area (Å²) in [5, 5.41) is 0. The number of likely N-dealkylation sites (N-methyl/N-ethyl adjacent to an activating group) is 1. The van der Waals surface area contributed by atoms with E-state index < -0.39 is 32.5 Å². The Morgan fingerprint density at radius 3 is 1.95 bits per heavy atom. The van der Waals surface area contributed by atoms with Gasteiger partial charge in [0.05, 0.1) is 27.7 Å². The van der Waals surface area contributed by atoms with Gasteiger partial charge in [-0.1, -0.05) is 88.8 Å². The van der Waals surface area contributed by atoms with Crippen LogP contribution < -0.4 is 0 Å². The summed E-state index contributed by atoms with van der Waals surface area (Å²) >= 11 is 0. The normalized spacial score (nSPS) is 14.5. The number of allylic oxidation sites excluding steroid dienone is 6. The van der Waals surface area contributed by atoms with Gasteiger partial charge < -0.3 is 18.9 Å². The van der Waals surface area contributed by atoms with Crippen molar-refractivity contribution in [3.8, 4) is 0 Å². The topological polar surface area (TPSA) is 108 Å². The summed E-state index contributed by atoms with van der Waals surface area (Å²) in [7, 11) is 1.46. The zero-order valence-corrected chi connectivity index (χ0v) is 28.6. The molecule has 0 aliphatic rings. The van der Waals surface area contributed by atoms with Crippen LogP contribution in [0, 0.1) is 0 Å². The fourth-order valence-corrected chi connectivity index (χ4v) is 4.57. The van der Waals surface area contributed by atoms with Gasteiger partial charge in [-0.3, -0.25) is 18.6 Å². The lowest BCUT2D eigenvalue weighted by Crippen LogP contribution is -2.37. The standard InChI is InChI=1S/C33H60NO8P/c1-6-8-10-11-12-13-14-15-16-17-18-19-20-21-22-23-24-26-33(36)42-31(29-39-32(35)25-9-7-2)30-41-43(37,38)40-28-27-34(3,4)5/h8,10,12-13,15-16,31H,6-7,9,11,14,17-30H2,1-5H3/p+1/b10-8-,13-12-,16-15-. The molecule has 0 aliphatic carbocycles. The number of quaternary nitrogens is 1. The first-order chi connectivity index (χ1) is 20.5. The van der Waals surface area contributed by atoms with E-state index in [0.717, 1.165) is 51.4 Å². The van der Waals surface area contributed by atoms with Gasteiger partial charge in [0.15, 0.2) is 6.10 Å². The summed E-state index contributed by atoms with van der Waals surface area (Å²) in [5.74, 6) is -0.857. The average molecular weight is 631 g/mol. The number of phosphoric ester groups is 1. The highest BCUT2D eigenvalue weighted by atomic mass is 31.2. The highest BCUT2D eigenvalue weighted by Gasteiger charge is 2.27. The summed E-state index contributed by atoms with van der Waals surface area (Å²) in [6, 6.07) is 0. The van der Waals surface area contributed by atoms with Gasteiger partial charge in [-0.2, -0.15) is 0 Å². The lowest BCUT2D eigenvalue weighted by atomic mass is 10.1. The van der Waals surface area contributed by atoms with E-state index in [2.05, 4.69) is 43.4 Å². The Labute approximate surface area is 261 Å². The van der Waals surface area contributed by atoms with Crippen LogP contribution in [0.4, 0.5) is 0 Å². The van der Waals surface area contributed by atoms with E-state index in [1.54, 1.807) is 0 Å². The maximum Gasteiger partial charge on any atom is 0.472 e. The average Bonchev–Trinajstić information content (AvgIpc) is 2.94. The van der Waals surface area contributed by atoms with E-state index >= 15 is 0 Å². The fourth-order valence-electron chi connectivity index (χ4n) is 3.83. The molecule has 1 N–H and O–H groups in total. The van der Waals surface area contributed by atoms with Crippen LogP contribution in [0.1, 0.15) is 110 Å². The van der Waals surface area contributed by atoms with Crippen LogP contribution in [0.25, 0.3) is 0 Å². The summed E-state index contributed by atoms with van der Waals surface area (Å²) < 4.78 is 33.6. The molecule has 2 unspecified atom stereocenters. The number of esters is 2.